The van der Waals surface area contributed by atoms with Crippen molar-refractivity contribution in [1.82, 2.24) is 5.32 Å². The van der Waals surface area contributed by atoms with Gasteiger partial charge in [-0.3, -0.25) is 0 Å². The first-order chi connectivity index (χ1) is 7.69. The molecule has 0 fully saturated rings. The molecule has 1 aromatic carbocycles. The molecule has 0 spiro atoms. The second-order valence-corrected chi connectivity index (χ2v) is 4.03. The highest BCUT2D eigenvalue weighted by Crippen LogP contribution is 2.25. The van der Waals surface area contributed by atoms with E-state index in [9.17, 15) is 0 Å². The summed E-state index contributed by atoms with van der Waals surface area (Å²) in [5.74, 6) is 0.821. The van der Waals surface area contributed by atoms with E-state index in [-0.39, 0.29) is 0 Å². The van der Waals surface area contributed by atoms with Crippen molar-refractivity contribution >= 4 is 11.6 Å². The van der Waals surface area contributed by atoms with Crippen LogP contribution in [0.4, 0.5) is 0 Å². The van der Waals surface area contributed by atoms with Gasteiger partial charge in [-0.15, -0.1) is 0 Å². The number of methoxy groups -OCH3 is 1. The molecule has 0 aromatic heterocycles. The molecule has 3 heteroatoms. The topological polar surface area (TPSA) is 21.3 Å². The van der Waals surface area contributed by atoms with Crippen LogP contribution in [0.5, 0.6) is 5.75 Å². The van der Waals surface area contributed by atoms with Crippen LogP contribution >= 0.6 is 11.6 Å². The van der Waals surface area contributed by atoms with Crippen LogP contribution in [0.2, 0.25) is 5.02 Å². The average molecular weight is 240 g/mol. The molecule has 0 saturated heterocycles. The Kier molecular flexibility index (Phi) is 5.36. The highest BCUT2D eigenvalue weighted by Gasteiger charge is 2.06. The normalized spacial score (nSPS) is 10.2. The molecular formula is C13H18ClNO. The van der Waals surface area contributed by atoms with Crippen molar-refractivity contribution in [2.45, 2.75) is 19.9 Å². The summed E-state index contributed by atoms with van der Waals surface area (Å²) in [6, 6.07) is 5.67. The summed E-state index contributed by atoms with van der Waals surface area (Å²) in [6.07, 6.45) is 0.993. The Morgan fingerprint density at radius 3 is 2.88 bits per heavy atom. The molecule has 0 aliphatic rings. The molecule has 88 valence electrons. The van der Waals surface area contributed by atoms with E-state index in [0.717, 1.165) is 29.3 Å². The third-order valence-electron chi connectivity index (χ3n) is 2.47. The van der Waals surface area contributed by atoms with Crippen LogP contribution in [0, 0.1) is 0 Å². The summed E-state index contributed by atoms with van der Waals surface area (Å²) < 4.78 is 5.26. The second-order valence-electron chi connectivity index (χ2n) is 3.63. The first kappa shape index (κ1) is 13.1. The van der Waals surface area contributed by atoms with Gasteiger partial charge in [0.05, 0.1) is 7.11 Å². The number of benzene rings is 1. The van der Waals surface area contributed by atoms with Gasteiger partial charge in [0, 0.05) is 23.7 Å². The van der Waals surface area contributed by atoms with E-state index in [1.54, 1.807) is 7.11 Å². The lowest BCUT2D eigenvalue weighted by Gasteiger charge is -2.11. The predicted molar refractivity (Wildman–Crippen MR) is 69.1 cm³/mol. The van der Waals surface area contributed by atoms with E-state index < -0.39 is 0 Å². The van der Waals surface area contributed by atoms with E-state index in [1.807, 2.05) is 18.2 Å². The Morgan fingerprint density at radius 2 is 2.25 bits per heavy atom. The molecular weight excluding hydrogens is 222 g/mol. The Labute approximate surface area is 102 Å². The van der Waals surface area contributed by atoms with Gasteiger partial charge in [-0.25, -0.2) is 0 Å². The molecule has 0 radical (unpaired) electrons. The molecule has 0 heterocycles. The molecule has 0 saturated carbocycles. The van der Waals surface area contributed by atoms with Crippen LogP contribution in [0.1, 0.15) is 18.9 Å². The fourth-order valence-electron chi connectivity index (χ4n) is 1.39. The van der Waals surface area contributed by atoms with Crippen LogP contribution in [0.25, 0.3) is 0 Å². The largest absolute Gasteiger partial charge is 0.496 e. The van der Waals surface area contributed by atoms with Gasteiger partial charge in [0.1, 0.15) is 5.75 Å². The zero-order valence-electron chi connectivity index (χ0n) is 9.85. The number of hydrogen-bond acceptors (Lipinski definition) is 2. The molecule has 2 nitrogen and oxygen atoms in total. The second kappa shape index (κ2) is 6.56. The van der Waals surface area contributed by atoms with Crippen molar-refractivity contribution in [1.29, 1.82) is 0 Å². The van der Waals surface area contributed by atoms with Gasteiger partial charge in [-0.1, -0.05) is 36.7 Å². The van der Waals surface area contributed by atoms with E-state index >= 15 is 0 Å². The predicted octanol–water partition coefficient (Wildman–Crippen LogP) is 3.40. The number of nitrogens with one attached hydrogen (secondary N) is 1. The lowest BCUT2D eigenvalue weighted by atomic mass is 10.2. The van der Waals surface area contributed by atoms with Crippen LogP contribution < -0.4 is 10.1 Å². The monoisotopic (exact) mass is 239 g/mol. The molecule has 0 aliphatic carbocycles. The van der Waals surface area contributed by atoms with Gasteiger partial charge in [-0.2, -0.15) is 0 Å². The first-order valence-electron chi connectivity index (χ1n) is 5.37. The van der Waals surface area contributed by atoms with Crippen molar-refractivity contribution in [3.63, 3.8) is 0 Å². The molecule has 0 bridgehead atoms. The smallest absolute Gasteiger partial charge is 0.124 e. The Bertz CT molecular complexity index is 363. The van der Waals surface area contributed by atoms with Crippen LogP contribution in [-0.2, 0) is 6.54 Å². The Hall–Kier alpha value is -0.990. The standard InChI is InChI=1S/C13H18ClNO/c1-4-10(2)8-15-9-11-12(14)6-5-7-13(11)16-3/h5-7,15H,2,4,8-9H2,1,3H3. The summed E-state index contributed by atoms with van der Waals surface area (Å²) >= 11 is 6.11. The molecule has 0 atom stereocenters. The number of hydrogen-bond donors (Lipinski definition) is 1. The summed E-state index contributed by atoms with van der Waals surface area (Å²) in [4.78, 5) is 0. The zero-order valence-corrected chi connectivity index (χ0v) is 10.6. The minimum atomic E-state index is 0.696. The lowest BCUT2D eigenvalue weighted by molar-refractivity contribution is 0.408. The van der Waals surface area contributed by atoms with E-state index in [0.29, 0.717) is 6.54 Å². The number of rotatable bonds is 6. The van der Waals surface area contributed by atoms with Crippen LogP contribution in [-0.4, -0.2) is 13.7 Å². The van der Waals surface area contributed by atoms with Crippen molar-refractivity contribution in [2.24, 2.45) is 0 Å². The van der Waals surface area contributed by atoms with Gasteiger partial charge in [-0.05, 0) is 18.6 Å². The minimum Gasteiger partial charge on any atom is -0.496 e. The van der Waals surface area contributed by atoms with Crippen molar-refractivity contribution in [3.8, 4) is 5.75 Å². The molecule has 0 unspecified atom stereocenters. The SMILES string of the molecule is C=C(CC)CNCc1c(Cl)cccc1OC. The fraction of sp³-hybridized carbons (Fsp3) is 0.385. The highest BCUT2D eigenvalue weighted by atomic mass is 35.5. The zero-order chi connectivity index (χ0) is 12.0. The number of halogens is 1. The Balaban J connectivity index is 2.62. The van der Waals surface area contributed by atoms with E-state index in [1.165, 1.54) is 5.57 Å². The molecule has 0 aliphatic heterocycles. The van der Waals surface area contributed by atoms with Crippen LogP contribution in [0.15, 0.2) is 30.4 Å². The quantitative estimate of drug-likeness (QED) is 0.769. The van der Waals surface area contributed by atoms with Gasteiger partial charge >= 0.3 is 0 Å². The van der Waals surface area contributed by atoms with Crippen molar-refractivity contribution in [3.05, 3.63) is 40.9 Å². The van der Waals surface area contributed by atoms with Gasteiger partial charge in [0.2, 0.25) is 0 Å². The average Bonchev–Trinajstić information content (AvgIpc) is 2.30. The third-order valence-corrected chi connectivity index (χ3v) is 2.83. The van der Waals surface area contributed by atoms with Crippen LogP contribution in [0.3, 0.4) is 0 Å². The van der Waals surface area contributed by atoms with Gasteiger partial charge in [0.15, 0.2) is 0 Å². The molecule has 16 heavy (non-hydrogen) atoms. The third kappa shape index (κ3) is 3.54. The first-order valence-corrected chi connectivity index (χ1v) is 5.75. The minimum absolute atomic E-state index is 0.696. The fourth-order valence-corrected chi connectivity index (χ4v) is 1.62. The van der Waals surface area contributed by atoms with Gasteiger partial charge in [0.25, 0.3) is 0 Å². The molecule has 1 rings (SSSR count). The highest BCUT2D eigenvalue weighted by molar-refractivity contribution is 6.31. The maximum atomic E-state index is 6.11. The van der Waals surface area contributed by atoms with Crippen molar-refractivity contribution in [2.75, 3.05) is 13.7 Å². The molecule has 0 amide bonds. The maximum Gasteiger partial charge on any atom is 0.124 e. The number of ether oxygens (including phenoxy) is 1. The van der Waals surface area contributed by atoms with E-state index in [2.05, 4.69) is 18.8 Å². The molecule has 1 aromatic rings. The summed E-state index contributed by atoms with van der Waals surface area (Å²) in [6.45, 7) is 7.55. The van der Waals surface area contributed by atoms with Gasteiger partial charge < -0.3 is 10.1 Å². The summed E-state index contributed by atoms with van der Waals surface area (Å²) in [5.41, 5.74) is 2.18. The van der Waals surface area contributed by atoms with E-state index in [4.69, 9.17) is 16.3 Å². The lowest BCUT2D eigenvalue weighted by Crippen LogP contribution is -2.16. The molecule has 1 N–H and O–H groups in total. The summed E-state index contributed by atoms with van der Waals surface area (Å²) in [7, 11) is 1.65. The maximum absolute atomic E-state index is 6.11. The Morgan fingerprint density at radius 1 is 1.50 bits per heavy atom. The summed E-state index contributed by atoms with van der Waals surface area (Å²) in [5, 5.41) is 4.03. The van der Waals surface area contributed by atoms with Crippen molar-refractivity contribution < 1.29 is 4.74 Å².